The molecule has 2 rings (SSSR count). The summed E-state index contributed by atoms with van der Waals surface area (Å²) in [4.78, 5) is 16.3. The first-order valence-corrected chi connectivity index (χ1v) is 7.11. The van der Waals surface area contributed by atoms with Crippen molar-refractivity contribution in [3.8, 4) is 0 Å². The average Bonchev–Trinajstić information content (AvgIpc) is 2.95. The Morgan fingerprint density at radius 3 is 2.68 bits per heavy atom. The Morgan fingerprint density at radius 1 is 1.42 bits per heavy atom. The van der Waals surface area contributed by atoms with Crippen molar-refractivity contribution in [1.82, 2.24) is 19.3 Å². The van der Waals surface area contributed by atoms with Gasteiger partial charge in [0, 0.05) is 19.8 Å². The highest BCUT2D eigenvalue weighted by Crippen LogP contribution is 2.23. The zero-order chi connectivity index (χ0) is 14.0. The number of aromatic nitrogens is 4. The number of rotatable bonds is 5. The molecule has 0 unspecified atom stereocenters. The fraction of sp³-hybridized carbons (Fsp3) is 0.462. The second-order valence-corrected chi connectivity index (χ2v) is 5.19. The van der Waals surface area contributed by atoms with Crippen LogP contribution in [0.5, 0.6) is 0 Å². The van der Waals surface area contributed by atoms with Crippen LogP contribution in [0, 0.1) is 0 Å². The van der Waals surface area contributed by atoms with Crippen LogP contribution in [0.1, 0.15) is 35.7 Å². The van der Waals surface area contributed by atoms with Crippen molar-refractivity contribution < 1.29 is 4.79 Å². The molecule has 0 aliphatic rings. The topological polar surface area (TPSA) is 52.7 Å². The predicted molar refractivity (Wildman–Crippen MR) is 76.2 cm³/mol. The van der Waals surface area contributed by atoms with Crippen LogP contribution in [0.2, 0.25) is 0 Å². The molecule has 0 spiro atoms. The third-order valence-electron chi connectivity index (χ3n) is 3.01. The molecule has 0 bridgehead atoms. The number of carbonyl (C=O) groups excluding carboxylic acids is 1. The van der Waals surface area contributed by atoms with Gasteiger partial charge in [-0.25, -0.2) is 4.98 Å². The van der Waals surface area contributed by atoms with E-state index in [2.05, 4.69) is 32.9 Å². The molecule has 0 saturated heterocycles. The molecule has 0 saturated carbocycles. The Kier molecular flexibility index (Phi) is 4.19. The van der Waals surface area contributed by atoms with Crippen molar-refractivity contribution in [3.63, 3.8) is 0 Å². The van der Waals surface area contributed by atoms with Gasteiger partial charge in [0.15, 0.2) is 5.78 Å². The van der Waals surface area contributed by atoms with Crippen LogP contribution in [0.4, 0.5) is 0 Å². The van der Waals surface area contributed by atoms with Crippen LogP contribution in [0.15, 0.2) is 17.0 Å². The second kappa shape index (κ2) is 5.69. The van der Waals surface area contributed by atoms with Gasteiger partial charge < -0.3 is 4.57 Å². The van der Waals surface area contributed by atoms with E-state index in [1.165, 1.54) is 0 Å². The van der Waals surface area contributed by atoms with E-state index in [1.54, 1.807) is 17.1 Å². The quantitative estimate of drug-likeness (QED) is 0.793. The Balaban J connectivity index is 2.28. The van der Waals surface area contributed by atoms with Crippen molar-refractivity contribution in [1.29, 1.82) is 0 Å². The van der Waals surface area contributed by atoms with Gasteiger partial charge in [0.25, 0.3) is 0 Å². The van der Waals surface area contributed by atoms with E-state index in [1.807, 2.05) is 18.7 Å². The number of aryl methyl sites for hydroxylation is 3. The van der Waals surface area contributed by atoms with Gasteiger partial charge in [0.1, 0.15) is 5.69 Å². The number of hydrogen-bond acceptors (Lipinski definition) is 3. The number of carbonyl (C=O) groups is 1. The van der Waals surface area contributed by atoms with E-state index in [9.17, 15) is 4.79 Å². The molecule has 0 radical (unpaired) electrons. The summed E-state index contributed by atoms with van der Waals surface area (Å²) in [6.07, 6.45) is 4.54. The first-order chi connectivity index (χ1) is 9.06. The second-order valence-electron chi connectivity index (χ2n) is 4.40. The van der Waals surface area contributed by atoms with Gasteiger partial charge in [-0.2, -0.15) is 5.10 Å². The van der Waals surface area contributed by atoms with Gasteiger partial charge in [0.2, 0.25) is 0 Å². The Morgan fingerprint density at radius 2 is 2.16 bits per heavy atom. The lowest BCUT2D eigenvalue weighted by Gasteiger charge is -2.03. The SMILES string of the molecule is CCc1nn(CC)c(CC(=O)c2cn(C)cn2)c1Br. The van der Waals surface area contributed by atoms with Gasteiger partial charge in [0.05, 0.1) is 28.6 Å². The van der Waals surface area contributed by atoms with Crippen molar-refractivity contribution in [2.45, 2.75) is 33.2 Å². The molecule has 102 valence electrons. The molecule has 2 heterocycles. The lowest BCUT2D eigenvalue weighted by atomic mass is 10.1. The van der Waals surface area contributed by atoms with Gasteiger partial charge in [-0.3, -0.25) is 9.48 Å². The smallest absolute Gasteiger partial charge is 0.188 e. The molecule has 0 atom stereocenters. The Labute approximate surface area is 120 Å². The lowest BCUT2D eigenvalue weighted by Crippen LogP contribution is -2.10. The largest absolute Gasteiger partial charge is 0.340 e. The van der Waals surface area contributed by atoms with Gasteiger partial charge >= 0.3 is 0 Å². The van der Waals surface area contributed by atoms with Crippen molar-refractivity contribution >= 4 is 21.7 Å². The predicted octanol–water partition coefficient (Wildman–Crippen LogP) is 2.39. The van der Waals surface area contributed by atoms with Crippen LogP contribution < -0.4 is 0 Å². The number of hydrogen-bond donors (Lipinski definition) is 0. The molecular weight excluding hydrogens is 308 g/mol. The molecular formula is C13H17BrN4O. The van der Waals surface area contributed by atoms with E-state index in [-0.39, 0.29) is 5.78 Å². The molecule has 0 amide bonds. The maximum absolute atomic E-state index is 12.2. The van der Waals surface area contributed by atoms with Crippen molar-refractivity contribution in [2.24, 2.45) is 7.05 Å². The molecule has 2 aromatic rings. The van der Waals surface area contributed by atoms with Gasteiger partial charge in [-0.15, -0.1) is 0 Å². The Bertz CT molecular complexity index is 600. The molecule has 0 fully saturated rings. The highest BCUT2D eigenvalue weighted by molar-refractivity contribution is 9.10. The van der Waals surface area contributed by atoms with Crippen molar-refractivity contribution in [2.75, 3.05) is 0 Å². The molecule has 19 heavy (non-hydrogen) atoms. The number of ketones is 1. The summed E-state index contributed by atoms with van der Waals surface area (Å²) in [5.41, 5.74) is 2.41. The minimum atomic E-state index is 0.0125. The normalized spacial score (nSPS) is 10.9. The van der Waals surface area contributed by atoms with Gasteiger partial charge in [-0.05, 0) is 29.3 Å². The number of nitrogens with zero attached hydrogens (tertiary/aromatic N) is 4. The number of halogens is 1. The van der Waals surface area contributed by atoms with Crippen LogP contribution >= 0.6 is 15.9 Å². The zero-order valence-corrected chi connectivity index (χ0v) is 12.9. The first-order valence-electron chi connectivity index (χ1n) is 6.32. The van der Waals surface area contributed by atoms with E-state index in [0.717, 1.165) is 28.8 Å². The molecule has 0 aliphatic carbocycles. The highest BCUT2D eigenvalue weighted by Gasteiger charge is 2.18. The van der Waals surface area contributed by atoms with Crippen LogP contribution in [0.25, 0.3) is 0 Å². The lowest BCUT2D eigenvalue weighted by molar-refractivity contribution is 0.0986. The zero-order valence-electron chi connectivity index (χ0n) is 11.4. The summed E-state index contributed by atoms with van der Waals surface area (Å²) >= 11 is 3.55. The first kappa shape index (κ1) is 14.0. The summed E-state index contributed by atoms with van der Waals surface area (Å²) in [5.74, 6) is 0.0125. The van der Waals surface area contributed by atoms with E-state index in [4.69, 9.17) is 0 Å². The fourth-order valence-electron chi connectivity index (χ4n) is 1.99. The van der Waals surface area contributed by atoms with Crippen LogP contribution in [-0.4, -0.2) is 25.1 Å². The average molecular weight is 325 g/mol. The summed E-state index contributed by atoms with van der Waals surface area (Å²) < 4.78 is 4.60. The highest BCUT2D eigenvalue weighted by atomic mass is 79.9. The maximum Gasteiger partial charge on any atom is 0.188 e. The Hall–Kier alpha value is -1.43. The maximum atomic E-state index is 12.2. The van der Waals surface area contributed by atoms with E-state index in [0.29, 0.717) is 12.1 Å². The summed E-state index contributed by atoms with van der Waals surface area (Å²) in [6.45, 7) is 4.83. The fourth-order valence-corrected chi connectivity index (χ4v) is 2.69. The summed E-state index contributed by atoms with van der Waals surface area (Å²) in [6, 6.07) is 0. The molecule has 2 aromatic heterocycles. The third-order valence-corrected chi connectivity index (χ3v) is 3.93. The van der Waals surface area contributed by atoms with Crippen LogP contribution in [-0.2, 0) is 26.4 Å². The summed E-state index contributed by atoms with van der Waals surface area (Å²) in [7, 11) is 1.85. The minimum absolute atomic E-state index is 0.0125. The van der Waals surface area contributed by atoms with Gasteiger partial charge in [-0.1, -0.05) is 6.92 Å². The van der Waals surface area contributed by atoms with E-state index >= 15 is 0 Å². The molecule has 0 aliphatic heterocycles. The standard InChI is InChI=1S/C13H17BrN4O/c1-4-9-13(14)11(18(5-2)16-9)6-12(19)10-7-17(3)8-15-10/h7-8H,4-6H2,1-3H3. The molecule has 0 N–H and O–H groups in total. The third kappa shape index (κ3) is 2.78. The summed E-state index contributed by atoms with van der Waals surface area (Å²) in [5, 5.41) is 4.49. The minimum Gasteiger partial charge on any atom is -0.340 e. The molecule has 5 nitrogen and oxygen atoms in total. The van der Waals surface area contributed by atoms with Crippen LogP contribution in [0.3, 0.4) is 0 Å². The van der Waals surface area contributed by atoms with Crippen molar-refractivity contribution in [3.05, 3.63) is 34.1 Å². The number of imidazole rings is 1. The molecule has 6 heteroatoms. The number of Topliss-reactive ketones (excluding diaryl/α,β-unsaturated/α-hetero) is 1. The molecule has 0 aromatic carbocycles. The van der Waals surface area contributed by atoms with E-state index < -0.39 is 0 Å². The monoisotopic (exact) mass is 324 g/mol.